The van der Waals surface area contributed by atoms with E-state index in [0.717, 1.165) is 55.4 Å². The molecule has 16 heteroatoms. The van der Waals surface area contributed by atoms with Crippen LogP contribution in [0.5, 0.6) is 0 Å². The Morgan fingerprint density at radius 1 is 0.619 bits per heavy atom. The van der Waals surface area contributed by atoms with Gasteiger partial charge in [0, 0.05) is 71.5 Å². The molecule has 0 aliphatic carbocycles. The predicted molar refractivity (Wildman–Crippen MR) is 254 cm³/mol. The fraction of sp³-hybridized carbons (Fsp3) is 0.191. The van der Waals surface area contributed by atoms with Crippen LogP contribution in [0, 0.1) is 0 Å². The van der Waals surface area contributed by atoms with Crippen LogP contribution in [-0.4, -0.2) is 76.6 Å². The second kappa shape index (κ2) is 21.4. The maximum Gasteiger partial charge on any atom is 0.258 e. The van der Waals surface area contributed by atoms with Gasteiger partial charge in [0.25, 0.3) is 17.7 Å². The van der Waals surface area contributed by atoms with Gasteiger partial charge in [-0.1, -0.05) is 64.6 Å². The molecule has 6 aromatic rings. The van der Waals surface area contributed by atoms with Gasteiger partial charge in [-0.25, -0.2) is 9.97 Å². The standard InChI is InChI=1S/C24H22Cl2N4O2.C23H21Cl2N5O/c25-18-7-9-21(20(13-18)24(32)29-22-10-8-19(26)14-27-22)28-23(31)17-5-3-16(4-6-17)15-30-11-1-2-12-30;1-30-11-10-26-22(30)15-3-7-19(8-4-15)27-13-16-2-5-17(24)12-20(16)23(31)29-21-9-6-18(25)14-28-21/h3-10,13-14H,1-2,11-12,15H2,(H,28,31)(H,27,29,32);2-9,12,14,27H,10-11,13H2,1H3,(H,28,29,31). The van der Waals surface area contributed by atoms with Crippen molar-refractivity contribution >= 4 is 93.0 Å². The van der Waals surface area contributed by atoms with Crippen LogP contribution in [0.15, 0.2) is 127 Å². The highest BCUT2D eigenvalue weighted by Crippen LogP contribution is 2.25. The predicted octanol–water partition coefficient (Wildman–Crippen LogP) is 10.4. The molecule has 12 nitrogen and oxygen atoms in total. The largest absolute Gasteiger partial charge is 0.381 e. The Labute approximate surface area is 385 Å². The molecule has 0 spiro atoms. The van der Waals surface area contributed by atoms with E-state index >= 15 is 0 Å². The number of halogens is 4. The number of carbonyl (C=O) groups is 3. The second-order valence-corrected chi connectivity index (χ2v) is 16.6. The highest BCUT2D eigenvalue weighted by atomic mass is 35.5. The fourth-order valence-electron chi connectivity index (χ4n) is 6.93. The van der Waals surface area contributed by atoms with E-state index in [0.29, 0.717) is 55.1 Å². The van der Waals surface area contributed by atoms with Gasteiger partial charge in [-0.2, -0.15) is 0 Å². The van der Waals surface area contributed by atoms with E-state index < -0.39 is 5.91 Å². The highest BCUT2D eigenvalue weighted by Gasteiger charge is 2.18. The zero-order valence-electron chi connectivity index (χ0n) is 34.2. The van der Waals surface area contributed by atoms with Crippen molar-refractivity contribution < 1.29 is 14.4 Å². The molecule has 63 heavy (non-hydrogen) atoms. The number of aliphatic imine (C=N–C) groups is 1. The monoisotopic (exact) mass is 921 g/mol. The number of pyridine rings is 2. The van der Waals surface area contributed by atoms with Crippen LogP contribution in [0.4, 0.5) is 23.0 Å². The van der Waals surface area contributed by atoms with Crippen LogP contribution < -0.4 is 21.3 Å². The quantitative estimate of drug-likeness (QED) is 0.0950. The van der Waals surface area contributed by atoms with Gasteiger partial charge in [0.2, 0.25) is 0 Å². The van der Waals surface area contributed by atoms with Crippen molar-refractivity contribution in [1.29, 1.82) is 0 Å². The first kappa shape index (κ1) is 45.0. The minimum Gasteiger partial charge on any atom is -0.381 e. The van der Waals surface area contributed by atoms with Crippen molar-refractivity contribution in [3.63, 3.8) is 0 Å². The lowest BCUT2D eigenvalue weighted by molar-refractivity contribution is 0.101. The molecule has 1 fully saturated rings. The Bertz CT molecular complexity index is 2590. The summed E-state index contributed by atoms with van der Waals surface area (Å²) in [4.78, 5) is 55.7. The summed E-state index contributed by atoms with van der Waals surface area (Å²) < 4.78 is 0. The van der Waals surface area contributed by atoms with Crippen molar-refractivity contribution in [2.45, 2.75) is 25.9 Å². The van der Waals surface area contributed by atoms with Gasteiger partial charge in [0.1, 0.15) is 17.5 Å². The molecular weight excluding hydrogens is 880 g/mol. The molecule has 0 unspecified atom stereocenters. The van der Waals surface area contributed by atoms with Crippen molar-refractivity contribution in [2.75, 3.05) is 54.5 Å². The van der Waals surface area contributed by atoms with Gasteiger partial charge < -0.3 is 26.2 Å². The summed E-state index contributed by atoms with van der Waals surface area (Å²) in [5, 5.41) is 13.5. The number of nitrogens with zero attached hydrogens (tertiary/aromatic N) is 5. The Morgan fingerprint density at radius 3 is 1.79 bits per heavy atom. The van der Waals surface area contributed by atoms with Crippen LogP contribution in [0.3, 0.4) is 0 Å². The molecule has 4 aromatic carbocycles. The molecule has 2 aliphatic heterocycles. The number of amidine groups is 1. The van der Waals surface area contributed by atoms with Crippen molar-refractivity contribution in [2.24, 2.45) is 4.99 Å². The van der Waals surface area contributed by atoms with E-state index in [9.17, 15) is 14.4 Å². The average Bonchev–Trinajstić information content (AvgIpc) is 3.97. The molecule has 2 aromatic heterocycles. The van der Waals surface area contributed by atoms with Crippen molar-refractivity contribution in [3.05, 3.63) is 175 Å². The number of hydrogen-bond donors (Lipinski definition) is 4. The first-order valence-corrected chi connectivity index (χ1v) is 21.6. The van der Waals surface area contributed by atoms with Gasteiger partial charge in [-0.3, -0.25) is 24.3 Å². The summed E-state index contributed by atoms with van der Waals surface area (Å²) in [6, 6.07) is 32.2. The van der Waals surface area contributed by atoms with Crippen LogP contribution in [0.25, 0.3) is 0 Å². The molecular formula is C47H43Cl4N9O3. The maximum atomic E-state index is 12.8. The number of likely N-dealkylation sites (tertiary alicyclic amines) is 1. The van der Waals surface area contributed by atoms with E-state index in [1.165, 1.54) is 36.9 Å². The minimum absolute atomic E-state index is 0.230. The third-order valence-corrected chi connectivity index (χ3v) is 11.2. The number of rotatable bonds is 12. The number of amides is 3. The molecule has 4 N–H and O–H groups in total. The van der Waals surface area contributed by atoms with Crippen LogP contribution >= 0.6 is 46.4 Å². The van der Waals surface area contributed by atoms with E-state index in [4.69, 9.17) is 46.4 Å². The summed E-state index contributed by atoms with van der Waals surface area (Å²) >= 11 is 23.9. The number of hydrogen-bond acceptors (Lipinski definition) is 9. The molecule has 2 aliphatic rings. The zero-order valence-corrected chi connectivity index (χ0v) is 37.2. The first-order chi connectivity index (χ1) is 30.5. The Hall–Kier alpha value is -6.02. The van der Waals surface area contributed by atoms with Gasteiger partial charge in [-0.15, -0.1) is 0 Å². The van der Waals surface area contributed by atoms with E-state index in [1.54, 1.807) is 60.7 Å². The number of aromatic nitrogens is 2. The molecule has 0 atom stereocenters. The number of carbonyl (C=O) groups excluding carboxylic acids is 3. The van der Waals surface area contributed by atoms with Crippen molar-refractivity contribution in [3.8, 4) is 0 Å². The van der Waals surface area contributed by atoms with E-state index in [-0.39, 0.29) is 17.4 Å². The van der Waals surface area contributed by atoms with Crippen LogP contribution in [0.1, 0.15) is 60.6 Å². The smallest absolute Gasteiger partial charge is 0.258 e. The highest BCUT2D eigenvalue weighted by molar-refractivity contribution is 6.32. The number of anilines is 4. The summed E-state index contributed by atoms with van der Waals surface area (Å²) in [6.45, 7) is 5.38. The summed E-state index contributed by atoms with van der Waals surface area (Å²) in [5.41, 5.74) is 5.61. The first-order valence-electron chi connectivity index (χ1n) is 20.1. The topological polar surface area (TPSA) is 144 Å². The third-order valence-electron chi connectivity index (χ3n) is 10.2. The third kappa shape index (κ3) is 12.6. The van der Waals surface area contributed by atoms with Crippen LogP contribution in [-0.2, 0) is 13.1 Å². The Morgan fingerprint density at radius 2 is 1.21 bits per heavy atom. The summed E-state index contributed by atoms with van der Waals surface area (Å²) in [5.74, 6) is 0.733. The molecule has 4 heterocycles. The maximum absolute atomic E-state index is 12.8. The molecule has 1 saturated heterocycles. The van der Waals surface area contributed by atoms with Gasteiger partial charge in [-0.05, 0) is 128 Å². The number of benzene rings is 4. The van der Waals surface area contributed by atoms with Gasteiger partial charge >= 0.3 is 0 Å². The number of likely N-dealkylation sites (N-methyl/N-ethyl adjacent to an activating group) is 1. The lowest BCUT2D eigenvalue weighted by Gasteiger charge is -2.15. The Balaban J connectivity index is 0.000000189. The SMILES string of the molecule is CN1CCN=C1c1ccc(NCc2ccc(Cl)cc2C(=O)Nc2ccc(Cl)cn2)cc1.O=C(Nc1ccc(Cl)cc1C(=O)Nc1ccc(Cl)cn1)c1ccc(CN2CCCC2)cc1. The zero-order chi connectivity index (χ0) is 44.3. The van der Waals surface area contributed by atoms with Crippen LogP contribution in [0.2, 0.25) is 20.1 Å². The average molecular weight is 924 g/mol. The molecule has 3 amide bonds. The normalized spacial score (nSPS) is 13.4. The summed E-state index contributed by atoms with van der Waals surface area (Å²) in [7, 11) is 2.05. The minimum atomic E-state index is -0.446. The second-order valence-electron chi connectivity index (χ2n) is 14.8. The Kier molecular flexibility index (Phi) is 15.3. The fourth-order valence-corrected chi connectivity index (χ4v) is 7.50. The molecule has 8 rings (SSSR count). The van der Waals surface area contributed by atoms with Gasteiger partial charge in [0.15, 0.2) is 0 Å². The summed E-state index contributed by atoms with van der Waals surface area (Å²) in [6.07, 6.45) is 5.40. The van der Waals surface area contributed by atoms with E-state index in [1.807, 2.05) is 49.5 Å². The van der Waals surface area contributed by atoms with E-state index in [2.05, 4.69) is 46.0 Å². The molecule has 0 saturated carbocycles. The lowest BCUT2D eigenvalue weighted by atomic mass is 10.1. The number of nitrogens with one attached hydrogen (secondary N) is 4. The lowest BCUT2D eigenvalue weighted by Crippen LogP contribution is -2.23. The van der Waals surface area contributed by atoms with Gasteiger partial charge in [0.05, 0.1) is 27.8 Å². The molecule has 0 radical (unpaired) electrons. The van der Waals surface area contributed by atoms with Crippen molar-refractivity contribution in [1.82, 2.24) is 19.8 Å². The molecule has 322 valence electrons. The molecule has 0 bridgehead atoms.